The Labute approximate surface area is 89.8 Å². The third kappa shape index (κ3) is 2.83. The molecule has 4 heteroatoms. The van der Waals surface area contributed by atoms with Crippen LogP contribution in [0.5, 0.6) is 0 Å². The second kappa shape index (κ2) is 4.98. The van der Waals surface area contributed by atoms with E-state index in [2.05, 4.69) is 5.32 Å². The zero-order chi connectivity index (χ0) is 11.3. The van der Waals surface area contributed by atoms with Gasteiger partial charge in [0.15, 0.2) is 0 Å². The molecule has 1 atom stereocenters. The number of hydrogen-bond donors (Lipinski definition) is 2. The zero-order valence-corrected chi connectivity index (χ0v) is 9.25. The van der Waals surface area contributed by atoms with Crippen molar-refractivity contribution < 1.29 is 9.21 Å². The molecule has 0 aromatic carbocycles. The first kappa shape index (κ1) is 11.8. The van der Waals surface area contributed by atoms with Gasteiger partial charge in [-0.1, -0.05) is 6.92 Å². The van der Waals surface area contributed by atoms with E-state index >= 15 is 0 Å². The molecule has 1 heterocycles. The topological polar surface area (TPSA) is 68.3 Å². The quantitative estimate of drug-likeness (QED) is 0.769. The number of furan rings is 1. The Kier molecular flexibility index (Phi) is 3.91. The maximum Gasteiger partial charge on any atom is 0.227 e. The molecule has 0 fully saturated rings. The van der Waals surface area contributed by atoms with E-state index in [0.29, 0.717) is 13.1 Å². The molecular weight excluding hydrogens is 192 g/mol. The molecule has 1 aromatic rings. The number of hydrogen-bond acceptors (Lipinski definition) is 3. The summed E-state index contributed by atoms with van der Waals surface area (Å²) < 4.78 is 4.91. The highest BCUT2D eigenvalue weighted by atomic mass is 16.3. The van der Waals surface area contributed by atoms with Crippen LogP contribution in [0, 0.1) is 5.41 Å². The fourth-order valence-corrected chi connectivity index (χ4v) is 1.19. The van der Waals surface area contributed by atoms with E-state index in [9.17, 15) is 4.79 Å². The van der Waals surface area contributed by atoms with Gasteiger partial charge >= 0.3 is 0 Å². The van der Waals surface area contributed by atoms with E-state index in [4.69, 9.17) is 10.2 Å². The Morgan fingerprint density at radius 1 is 1.67 bits per heavy atom. The number of nitrogens with two attached hydrogens (primary N) is 1. The third-order valence-corrected chi connectivity index (χ3v) is 2.81. The van der Waals surface area contributed by atoms with E-state index < -0.39 is 5.41 Å². The molecule has 3 N–H and O–H groups in total. The molecule has 0 aliphatic carbocycles. The molecule has 1 rings (SSSR count). The van der Waals surface area contributed by atoms with Crippen molar-refractivity contribution >= 4 is 5.91 Å². The molecule has 0 bridgehead atoms. The summed E-state index contributed by atoms with van der Waals surface area (Å²) in [7, 11) is 0. The van der Waals surface area contributed by atoms with Crippen LogP contribution in [-0.2, 0) is 11.3 Å². The van der Waals surface area contributed by atoms with Crippen LogP contribution in [-0.4, -0.2) is 12.5 Å². The van der Waals surface area contributed by atoms with Crippen molar-refractivity contribution in [2.24, 2.45) is 11.1 Å². The number of amides is 1. The SMILES string of the molecule is CCC(C)(CN)C(=O)NCc1ccoc1. The lowest BCUT2D eigenvalue weighted by molar-refractivity contribution is -0.130. The largest absolute Gasteiger partial charge is 0.472 e. The minimum atomic E-state index is -0.469. The monoisotopic (exact) mass is 210 g/mol. The molecule has 84 valence electrons. The van der Waals surface area contributed by atoms with Crippen molar-refractivity contribution in [1.82, 2.24) is 5.32 Å². The Bertz CT molecular complexity index is 302. The van der Waals surface area contributed by atoms with Crippen LogP contribution in [0.15, 0.2) is 23.0 Å². The molecule has 1 aromatic heterocycles. The molecule has 1 unspecified atom stereocenters. The molecule has 0 spiro atoms. The van der Waals surface area contributed by atoms with Gasteiger partial charge in [-0.25, -0.2) is 0 Å². The fourth-order valence-electron chi connectivity index (χ4n) is 1.19. The lowest BCUT2D eigenvalue weighted by Crippen LogP contribution is -2.43. The Morgan fingerprint density at radius 3 is 2.87 bits per heavy atom. The predicted molar refractivity (Wildman–Crippen MR) is 58.0 cm³/mol. The molecule has 15 heavy (non-hydrogen) atoms. The van der Waals surface area contributed by atoms with Crippen LogP contribution in [0.4, 0.5) is 0 Å². The number of carbonyl (C=O) groups excluding carboxylic acids is 1. The average Bonchev–Trinajstić information content (AvgIpc) is 2.77. The van der Waals surface area contributed by atoms with Gasteiger partial charge in [-0.05, 0) is 19.4 Å². The van der Waals surface area contributed by atoms with E-state index in [0.717, 1.165) is 12.0 Å². The standard InChI is InChI=1S/C11H18N2O2/c1-3-11(2,8-12)10(14)13-6-9-4-5-15-7-9/h4-5,7H,3,6,8,12H2,1-2H3,(H,13,14). The van der Waals surface area contributed by atoms with Crippen LogP contribution in [0.1, 0.15) is 25.8 Å². The third-order valence-electron chi connectivity index (χ3n) is 2.81. The summed E-state index contributed by atoms with van der Waals surface area (Å²) in [4.78, 5) is 11.8. The summed E-state index contributed by atoms with van der Waals surface area (Å²) in [5.41, 5.74) is 6.08. The van der Waals surface area contributed by atoms with Gasteiger partial charge in [-0.3, -0.25) is 4.79 Å². The van der Waals surface area contributed by atoms with Gasteiger partial charge in [0.1, 0.15) is 0 Å². The lowest BCUT2D eigenvalue weighted by Gasteiger charge is -2.24. The van der Waals surface area contributed by atoms with E-state index in [1.54, 1.807) is 12.5 Å². The normalized spacial score (nSPS) is 14.6. The lowest BCUT2D eigenvalue weighted by atomic mass is 9.86. The highest BCUT2D eigenvalue weighted by Crippen LogP contribution is 2.19. The Balaban J connectivity index is 2.48. The van der Waals surface area contributed by atoms with Gasteiger partial charge in [0, 0.05) is 18.7 Å². The second-order valence-electron chi connectivity index (χ2n) is 3.93. The van der Waals surface area contributed by atoms with Crippen molar-refractivity contribution in [1.29, 1.82) is 0 Å². The van der Waals surface area contributed by atoms with Crippen LogP contribution in [0.25, 0.3) is 0 Å². The van der Waals surface area contributed by atoms with Gasteiger partial charge in [0.25, 0.3) is 0 Å². The molecule has 0 radical (unpaired) electrons. The fraction of sp³-hybridized carbons (Fsp3) is 0.545. The average molecular weight is 210 g/mol. The number of nitrogens with one attached hydrogen (secondary N) is 1. The molecule has 0 saturated heterocycles. The minimum absolute atomic E-state index is 0.00583. The molecule has 0 aliphatic rings. The first-order valence-electron chi connectivity index (χ1n) is 5.12. The highest BCUT2D eigenvalue weighted by Gasteiger charge is 2.29. The Hall–Kier alpha value is -1.29. The van der Waals surface area contributed by atoms with Crippen LogP contribution in [0.2, 0.25) is 0 Å². The summed E-state index contributed by atoms with van der Waals surface area (Å²) in [6.45, 7) is 4.69. The van der Waals surface area contributed by atoms with Crippen molar-refractivity contribution in [3.8, 4) is 0 Å². The van der Waals surface area contributed by atoms with Crippen molar-refractivity contribution in [2.75, 3.05) is 6.54 Å². The van der Waals surface area contributed by atoms with Crippen molar-refractivity contribution in [3.63, 3.8) is 0 Å². The summed E-state index contributed by atoms with van der Waals surface area (Å²) in [5, 5.41) is 2.85. The molecule has 1 amide bonds. The van der Waals surface area contributed by atoms with Gasteiger partial charge in [-0.2, -0.15) is 0 Å². The van der Waals surface area contributed by atoms with Crippen molar-refractivity contribution in [2.45, 2.75) is 26.8 Å². The van der Waals surface area contributed by atoms with Crippen LogP contribution < -0.4 is 11.1 Å². The first-order valence-corrected chi connectivity index (χ1v) is 5.12. The molecule has 4 nitrogen and oxygen atoms in total. The van der Waals surface area contributed by atoms with Gasteiger partial charge in [-0.15, -0.1) is 0 Å². The maximum atomic E-state index is 11.8. The maximum absolute atomic E-state index is 11.8. The number of rotatable bonds is 5. The summed E-state index contributed by atoms with van der Waals surface area (Å²) in [6, 6.07) is 1.83. The summed E-state index contributed by atoms with van der Waals surface area (Å²) >= 11 is 0. The van der Waals surface area contributed by atoms with E-state index in [-0.39, 0.29) is 5.91 Å². The van der Waals surface area contributed by atoms with E-state index in [1.807, 2.05) is 19.9 Å². The summed E-state index contributed by atoms with van der Waals surface area (Å²) in [6.07, 6.45) is 3.94. The number of carbonyl (C=O) groups is 1. The van der Waals surface area contributed by atoms with E-state index in [1.165, 1.54) is 0 Å². The molecule has 0 aliphatic heterocycles. The predicted octanol–water partition coefficient (Wildman–Crippen LogP) is 1.27. The van der Waals surface area contributed by atoms with Gasteiger partial charge in [0.2, 0.25) is 5.91 Å². The van der Waals surface area contributed by atoms with Crippen molar-refractivity contribution in [3.05, 3.63) is 24.2 Å². The first-order chi connectivity index (χ1) is 7.12. The van der Waals surface area contributed by atoms with Gasteiger partial charge in [0.05, 0.1) is 17.9 Å². The second-order valence-corrected chi connectivity index (χ2v) is 3.93. The highest BCUT2D eigenvalue weighted by molar-refractivity contribution is 5.82. The molecular formula is C11H18N2O2. The molecule has 0 saturated carbocycles. The smallest absolute Gasteiger partial charge is 0.227 e. The Morgan fingerprint density at radius 2 is 2.40 bits per heavy atom. The minimum Gasteiger partial charge on any atom is -0.472 e. The summed E-state index contributed by atoms with van der Waals surface area (Å²) in [5.74, 6) is -0.00583. The van der Waals surface area contributed by atoms with Crippen LogP contribution in [0.3, 0.4) is 0 Å². The zero-order valence-electron chi connectivity index (χ0n) is 9.25. The van der Waals surface area contributed by atoms with Crippen LogP contribution >= 0.6 is 0 Å². The van der Waals surface area contributed by atoms with Gasteiger partial charge < -0.3 is 15.5 Å².